The summed E-state index contributed by atoms with van der Waals surface area (Å²) in [6.07, 6.45) is 1.60. The third-order valence-corrected chi connectivity index (χ3v) is 5.62. The zero-order valence-corrected chi connectivity index (χ0v) is 16.3. The van der Waals surface area contributed by atoms with Crippen LogP contribution in [0, 0.1) is 0 Å². The summed E-state index contributed by atoms with van der Waals surface area (Å²) in [6.45, 7) is 4.17. The lowest BCUT2D eigenvalue weighted by atomic mass is 10.0. The van der Waals surface area contributed by atoms with Crippen molar-refractivity contribution >= 4 is 17.6 Å². The lowest BCUT2D eigenvalue weighted by Gasteiger charge is -2.29. The molecule has 146 valence electrons. The fourth-order valence-corrected chi connectivity index (χ4v) is 4.01. The lowest BCUT2D eigenvalue weighted by Crippen LogP contribution is -2.35. The summed E-state index contributed by atoms with van der Waals surface area (Å²) in [6, 6.07) is 9.39. The molecule has 1 saturated heterocycles. The topological polar surface area (TPSA) is 78.4 Å². The molecule has 1 aromatic carbocycles. The van der Waals surface area contributed by atoms with E-state index in [1.165, 1.54) is 0 Å². The Morgan fingerprint density at radius 3 is 2.61 bits per heavy atom. The number of nitrogens with one attached hydrogen (secondary N) is 1. The molecule has 4 rings (SSSR count). The maximum absolute atomic E-state index is 12.7. The molecule has 0 radical (unpaired) electrons. The SMILES string of the molecule is CNc1nc(C2CCN(C(=O)c3ccccc3)C2)nc2c1CN(C(C)=O)CC2. The van der Waals surface area contributed by atoms with Crippen LogP contribution in [0.5, 0.6) is 0 Å². The number of aromatic nitrogens is 2. The van der Waals surface area contributed by atoms with Crippen molar-refractivity contribution in [2.24, 2.45) is 0 Å². The zero-order valence-electron chi connectivity index (χ0n) is 16.3. The molecule has 1 unspecified atom stereocenters. The molecule has 2 amide bonds. The predicted molar refractivity (Wildman–Crippen MR) is 106 cm³/mol. The van der Waals surface area contributed by atoms with Crippen molar-refractivity contribution in [3.63, 3.8) is 0 Å². The number of rotatable bonds is 3. The van der Waals surface area contributed by atoms with E-state index in [0.29, 0.717) is 26.2 Å². The molecule has 1 fully saturated rings. The van der Waals surface area contributed by atoms with Gasteiger partial charge in [-0.2, -0.15) is 0 Å². The van der Waals surface area contributed by atoms with Gasteiger partial charge in [0.2, 0.25) is 5.91 Å². The second kappa shape index (κ2) is 7.58. The van der Waals surface area contributed by atoms with Gasteiger partial charge in [-0.1, -0.05) is 18.2 Å². The highest BCUT2D eigenvalue weighted by molar-refractivity contribution is 5.94. The molecular formula is C21H25N5O2. The summed E-state index contributed by atoms with van der Waals surface area (Å²) in [5.41, 5.74) is 2.73. The number of amides is 2. The van der Waals surface area contributed by atoms with Crippen molar-refractivity contribution in [2.75, 3.05) is 32.0 Å². The van der Waals surface area contributed by atoms with Gasteiger partial charge in [0.15, 0.2) is 0 Å². The summed E-state index contributed by atoms with van der Waals surface area (Å²) in [7, 11) is 1.85. The van der Waals surface area contributed by atoms with E-state index in [1.807, 2.05) is 47.2 Å². The van der Waals surface area contributed by atoms with Gasteiger partial charge in [0.1, 0.15) is 11.6 Å². The minimum atomic E-state index is 0.0620. The number of hydrogen-bond acceptors (Lipinski definition) is 5. The van der Waals surface area contributed by atoms with Crippen LogP contribution in [0.1, 0.15) is 46.7 Å². The van der Waals surface area contributed by atoms with Gasteiger partial charge in [0.05, 0.1) is 12.2 Å². The Labute approximate surface area is 164 Å². The Hall–Kier alpha value is -2.96. The van der Waals surface area contributed by atoms with Gasteiger partial charge in [-0.3, -0.25) is 9.59 Å². The summed E-state index contributed by atoms with van der Waals surface area (Å²) in [5, 5.41) is 3.17. The molecule has 0 aliphatic carbocycles. The first-order valence-corrected chi connectivity index (χ1v) is 9.74. The number of fused-ring (bicyclic) bond motifs is 1. The number of carbonyl (C=O) groups is 2. The molecule has 0 saturated carbocycles. The largest absolute Gasteiger partial charge is 0.373 e. The van der Waals surface area contributed by atoms with Crippen molar-refractivity contribution in [2.45, 2.75) is 32.2 Å². The first-order valence-electron chi connectivity index (χ1n) is 9.74. The molecule has 7 nitrogen and oxygen atoms in total. The quantitative estimate of drug-likeness (QED) is 0.883. The van der Waals surface area contributed by atoms with Gasteiger partial charge in [-0.05, 0) is 18.6 Å². The van der Waals surface area contributed by atoms with Crippen LogP contribution in [-0.2, 0) is 17.8 Å². The molecule has 2 aromatic rings. The molecule has 3 heterocycles. The van der Waals surface area contributed by atoms with E-state index < -0.39 is 0 Å². The predicted octanol–water partition coefficient (Wildman–Crippen LogP) is 2.05. The summed E-state index contributed by atoms with van der Waals surface area (Å²) >= 11 is 0. The van der Waals surface area contributed by atoms with Gasteiger partial charge < -0.3 is 15.1 Å². The molecule has 0 spiro atoms. The van der Waals surface area contributed by atoms with Crippen molar-refractivity contribution in [1.29, 1.82) is 0 Å². The molecular weight excluding hydrogens is 354 g/mol. The molecule has 1 N–H and O–H groups in total. The van der Waals surface area contributed by atoms with Crippen LogP contribution in [0.3, 0.4) is 0 Å². The molecule has 7 heteroatoms. The van der Waals surface area contributed by atoms with Crippen molar-refractivity contribution < 1.29 is 9.59 Å². The maximum Gasteiger partial charge on any atom is 0.253 e. The van der Waals surface area contributed by atoms with Crippen LogP contribution < -0.4 is 5.32 Å². The first kappa shape index (κ1) is 18.4. The Bertz CT molecular complexity index is 882. The van der Waals surface area contributed by atoms with Crippen LogP contribution in [0.25, 0.3) is 0 Å². The fourth-order valence-electron chi connectivity index (χ4n) is 4.01. The number of likely N-dealkylation sites (tertiary alicyclic amines) is 1. The highest BCUT2D eigenvalue weighted by atomic mass is 16.2. The van der Waals surface area contributed by atoms with E-state index in [0.717, 1.165) is 41.3 Å². The molecule has 0 bridgehead atoms. The number of hydrogen-bond donors (Lipinski definition) is 1. The van der Waals surface area contributed by atoms with E-state index in [-0.39, 0.29) is 17.7 Å². The molecule has 2 aliphatic rings. The fraction of sp³-hybridized carbons (Fsp3) is 0.429. The summed E-state index contributed by atoms with van der Waals surface area (Å²) in [4.78, 5) is 37.7. The van der Waals surface area contributed by atoms with Gasteiger partial charge in [-0.15, -0.1) is 0 Å². The average Bonchev–Trinajstić information content (AvgIpc) is 3.22. The monoisotopic (exact) mass is 379 g/mol. The third kappa shape index (κ3) is 3.44. The highest BCUT2D eigenvalue weighted by Gasteiger charge is 2.32. The minimum Gasteiger partial charge on any atom is -0.373 e. The zero-order chi connectivity index (χ0) is 19.7. The standard InChI is InChI=1S/C21H25N5O2/c1-14(27)25-11-9-18-17(13-25)20(22-2)24-19(23-18)16-8-10-26(12-16)21(28)15-6-4-3-5-7-15/h3-7,16H,8-13H2,1-2H3,(H,22,23,24). The number of benzene rings is 1. The van der Waals surface area contributed by atoms with Crippen molar-refractivity contribution in [3.8, 4) is 0 Å². The second-order valence-electron chi connectivity index (χ2n) is 7.40. The van der Waals surface area contributed by atoms with Crippen molar-refractivity contribution in [1.82, 2.24) is 19.8 Å². The van der Waals surface area contributed by atoms with Gasteiger partial charge in [0, 0.05) is 57.1 Å². The van der Waals surface area contributed by atoms with Crippen LogP contribution in [0.15, 0.2) is 30.3 Å². The van der Waals surface area contributed by atoms with Crippen LogP contribution in [0.2, 0.25) is 0 Å². The number of anilines is 1. The van der Waals surface area contributed by atoms with E-state index in [1.54, 1.807) is 6.92 Å². The smallest absolute Gasteiger partial charge is 0.253 e. The Morgan fingerprint density at radius 2 is 1.89 bits per heavy atom. The average molecular weight is 379 g/mol. The normalized spacial score (nSPS) is 18.7. The van der Waals surface area contributed by atoms with Gasteiger partial charge in [0.25, 0.3) is 5.91 Å². The minimum absolute atomic E-state index is 0.0620. The van der Waals surface area contributed by atoms with Crippen LogP contribution >= 0.6 is 0 Å². The van der Waals surface area contributed by atoms with Crippen LogP contribution in [-0.4, -0.2) is 58.3 Å². The van der Waals surface area contributed by atoms with Gasteiger partial charge in [-0.25, -0.2) is 9.97 Å². The van der Waals surface area contributed by atoms with Crippen LogP contribution in [0.4, 0.5) is 5.82 Å². The summed E-state index contributed by atoms with van der Waals surface area (Å²) < 4.78 is 0. The molecule has 1 atom stereocenters. The van der Waals surface area contributed by atoms with E-state index in [4.69, 9.17) is 9.97 Å². The number of nitrogens with zero attached hydrogens (tertiary/aromatic N) is 4. The van der Waals surface area contributed by atoms with Gasteiger partial charge >= 0.3 is 0 Å². The van der Waals surface area contributed by atoms with Crippen molar-refractivity contribution in [3.05, 3.63) is 53.0 Å². The summed E-state index contributed by atoms with van der Waals surface area (Å²) in [5.74, 6) is 1.85. The lowest BCUT2D eigenvalue weighted by molar-refractivity contribution is -0.129. The van der Waals surface area contributed by atoms with E-state index >= 15 is 0 Å². The molecule has 28 heavy (non-hydrogen) atoms. The Kier molecular flexibility index (Phi) is 4.98. The van der Waals surface area contributed by atoms with E-state index in [9.17, 15) is 9.59 Å². The maximum atomic E-state index is 12.7. The molecule has 1 aromatic heterocycles. The highest BCUT2D eigenvalue weighted by Crippen LogP contribution is 2.30. The van der Waals surface area contributed by atoms with E-state index in [2.05, 4.69) is 5.32 Å². The number of carbonyl (C=O) groups excluding carboxylic acids is 2. The Morgan fingerprint density at radius 1 is 1.11 bits per heavy atom. The Balaban J connectivity index is 1.54. The first-order chi connectivity index (χ1) is 13.6. The second-order valence-corrected chi connectivity index (χ2v) is 7.40. The molecule has 2 aliphatic heterocycles. The third-order valence-electron chi connectivity index (χ3n) is 5.62.